The van der Waals surface area contributed by atoms with Crippen molar-refractivity contribution in [2.75, 3.05) is 4.90 Å². The maximum atomic E-state index is 6.72. The van der Waals surface area contributed by atoms with Crippen LogP contribution in [0.5, 0.6) is 0 Å². The van der Waals surface area contributed by atoms with Gasteiger partial charge in [0.1, 0.15) is 11.2 Å². The van der Waals surface area contributed by atoms with Crippen LogP contribution in [0.3, 0.4) is 0 Å². The van der Waals surface area contributed by atoms with Crippen LogP contribution in [0.1, 0.15) is 22.3 Å². The molecule has 15 rings (SSSR count). The van der Waals surface area contributed by atoms with Gasteiger partial charge in [-0.25, -0.2) is 0 Å². The number of rotatable bonds is 4. The zero-order valence-electron chi connectivity index (χ0n) is 36.4. The van der Waals surface area contributed by atoms with Crippen LogP contribution < -0.4 is 4.90 Å². The average Bonchev–Trinajstić information content (AvgIpc) is 4.02. The number of hydrogen-bond acceptors (Lipinski definition) is 2. The normalized spacial score (nSPS) is 13.2. The van der Waals surface area contributed by atoms with Gasteiger partial charge in [-0.2, -0.15) is 0 Å². The Morgan fingerprint density at radius 2 is 0.761 bits per heavy atom. The van der Waals surface area contributed by atoms with Crippen LogP contribution in [-0.2, 0) is 5.41 Å². The Balaban J connectivity index is 0.987. The van der Waals surface area contributed by atoms with E-state index < -0.39 is 5.41 Å². The maximum Gasteiger partial charge on any atom is 0.143 e. The van der Waals surface area contributed by atoms with Gasteiger partial charge in [-0.1, -0.05) is 188 Å². The molecule has 0 bridgehead atoms. The van der Waals surface area contributed by atoms with Crippen LogP contribution in [0.2, 0.25) is 0 Å². The van der Waals surface area contributed by atoms with E-state index in [4.69, 9.17) is 4.42 Å². The van der Waals surface area contributed by atoms with E-state index in [0.29, 0.717) is 0 Å². The highest BCUT2D eigenvalue weighted by atomic mass is 16.3. The fraction of sp³-hybridized carbons (Fsp3) is 0.0154. The van der Waals surface area contributed by atoms with Crippen LogP contribution in [-0.4, -0.2) is 0 Å². The van der Waals surface area contributed by atoms with Gasteiger partial charge >= 0.3 is 0 Å². The maximum absolute atomic E-state index is 6.72. The van der Waals surface area contributed by atoms with Gasteiger partial charge in [-0.05, 0) is 142 Å². The number of para-hydroxylation sites is 1. The molecule has 13 aromatic rings. The Labute approximate surface area is 387 Å². The number of nitrogens with zero attached hydrogens (tertiary/aromatic N) is 1. The van der Waals surface area contributed by atoms with Gasteiger partial charge in [-0.15, -0.1) is 0 Å². The smallest absolute Gasteiger partial charge is 0.143 e. The predicted molar refractivity (Wildman–Crippen MR) is 280 cm³/mol. The molecule has 2 aliphatic rings. The van der Waals surface area contributed by atoms with Crippen LogP contribution in [0, 0.1) is 0 Å². The molecule has 310 valence electrons. The molecular weight excluding hydrogens is 811 g/mol. The third-order valence-electron chi connectivity index (χ3n) is 15.0. The van der Waals surface area contributed by atoms with Crippen LogP contribution in [0.25, 0.3) is 98.4 Å². The fourth-order valence-electron chi connectivity index (χ4n) is 12.3. The molecule has 0 fully saturated rings. The fourth-order valence-corrected chi connectivity index (χ4v) is 12.3. The Bertz CT molecular complexity index is 4130. The third kappa shape index (κ3) is 4.94. The molecule has 2 aliphatic carbocycles. The van der Waals surface area contributed by atoms with Gasteiger partial charge in [0.15, 0.2) is 0 Å². The van der Waals surface area contributed by atoms with Crippen molar-refractivity contribution in [2.45, 2.75) is 5.41 Å². The number of hydrogen-bond donors (Lipinski definition) is 0. The van der Waals surface area contributed by atoms with Crippen LogP contribution in [0.4, 0.5) is 17.1 Å². The second-order valence-electron chi connectivity index (χ2n) is 18.3. The number of benzene rings is 12. The second-order valence-corrected chi connectivity index (χ2v) is 18.3. The zero-order valence-corrected chi connectivity index (χ0v) is 36.4. The van der Waals surface area contributed by atoms with Gasteiger partial charge in [0.05, 0.1) is 5.41 Å². The number of furan rings is 1. The zero-order chi connectivity index (χ0) is 43.8. The van der Waals surface area contributed by atoms with Crippen molar-refractivity contribution in [3.8, 4) is 33.4 Å². The summed E-state index contributed by atoms with van der Waals surface area (Å²) in [5.74, 6) is 0. The highest BCUT2D eigenvalue weighted by Crippen LogP contribution is 2.63. The first-order chi connectivity index (χ1) is 33.2. The minimum Gasteiger partial charge on any atom is -0.455 e. The van der Waals surface area contributed by atoms with Gasteiger partial charge in [0.25, 0.3) is 0 Å². The number of fused-ring (bicyclic) bond motifs is 20. The van der Waals surface area contributed by atoms with E-state index in [1.807, 2.05) is 0 Å². The van der Waals surface area contributed by atoms with Crippen LogP contribution >= 0.6 is 0 Å². The molecule has 2 nitrogen and oxygen atoms in total. The minimum absolute atomic E-state index is 0.463. The van der Waals surface area contributed by atoms with Crippen molar-refractivity contribution < 1.29 is 4.42 Å². The number of anilines is 3. The molecule has 0 saturated heterocycles. The lowest BCUT2D eigenvalue weighted by molar-refractivity contribution is 0.670. The standard InChI is InChI=1S/C65H39NO/c1-2-16-45-41(15-1)37-57-55-24-10-14-28-62(55)67-64(57)63(45)40-29-31-42(32-30-40)66(43-33-35-50-48-19-4-3-17-46(48)47-18-5-6-20-49(47)56(50)38-43)44-34-36-54-53-23-9-13-27-60(53)65(61(54)39-44)58-25-11-7-21-51(58)52-22-8-12-26-59(52)65/h1-39H. The summed E-state index contributed by atoms with van der Waals surface area (Å²) < 4.78 is 6.72. The molecule has 0 unspecified atom stereocenters. The van der Waals surface area contributed by atoms with E-state index in [1.54, 1.807) is 0 Å². The van der Waals surface area contributed by atoms with Crippen molar-refractivity contribution in [3.05, 3.63) is 259 Å². The molecule has 0 saturated carbocycles. The summed E-state index contributed by atoms with van der Waals surface area (Å²) in [4.78, 5) is 2.47. The average molecular weight is 850 g/mol. The monoisotopic (exact) mass is 849 g/mol. The van der Waals surface area contributed by atoms with Gasteiger partial charge in [0, 0.05) is 33.4 Å². The summed E-state index contributed by atoms with van der Waals surface area (Å²) in [7, 11) is 0. The van der Waals surface area contributed by atoms with Crippen molar-refractivity contribution in [2.24, 2.45) is 0 Å². The lowest BCUT2D eigenvalue weighted by atomic mass is 9.70. The van der Waals surface area contributed by atoms with Crippen molar-refractivity contribution in [3.63, 3.8) is 0 Å². The van der Waals surface area contributed by atoms with E-state index in [-0.39, 0.29) is 0 Å². The summed E-state index contributed by atoms with van der Waals surface area (Å²) >= 11 is 0. The molecule has 1 heterocycles. The molecular formula is C65H39NO. The molecule has 0 N–H and O–H groups in total. The summed E-state index contributed by atoms with van der Waals surface area (Å²) in [5, 5.41) is 12.2. The Morgan fingerprint density at radius 1 is 0.299 bits per heavy atom. The minimum atomic E-state index is -0.463. The highest BCUT2D eigenvalue weighted by molar-refractivity contribution is 6.26. The van der Waals surface area contributed by atoms with Gasteiger partial charge in [0.2, 0.25) is 0 Å². The molecule has 0 radical (unpaired) electrons. The lowest BCUT2D eigenvalue weighted by Crippen LogP contribution is -2.26. The Kier molecular flexibility index (Phi) is 7.46. The SMILES string of the molecule is c1ccc2c(c1)-c1ccccc1C21c2ccccc2-c2ccc(N(c3ccc(-c4c5ccccc5cc5c4oc4ccccc45)cc3)c3ccc4c5ccccc5c5ccccc5c4c3)cc21. The van der Waals surface area contributed by atoms with E-state index in [2.05, 4.69) is 241 Å². The second kappa shape index (κ2) is 13.7. The lowest BCUT2D eigenvalue weighted by Gasteiger charge is -2.32. The summed E-state index contributed by atoms with van der Waals surface area (Å²) in [6, 6.07) is 87.7. The first kappa shape index (κ1) is 36.6. The van der Waals surface area contributed by atoms with Crippen molar-refractivity contribution in [1.29, 1.82) is 0 Å². The van der Waals surface area contributed by atoms with Gasteiger partial charge in [-0.3, -0.25) is 0 Å². The van der Waals surface area contributed by atoms with Crippen molar-refractivity contribution >= 4 is 82.1 Å². The Morgan fingerprint density at radius 3 is 1.40 bits per heavy atom. The first-order valence-corrected chi connectivity index (χ1v) is 23.2. The molecule has 0 atom stereocenters. The van der Waals surface area contributed by atoms with E-state index >= 15 is 0 Å². The van der Waals surface area contributed by atoms with E-state index in [9.17, 15) is 0 Å². The molecule has 1 spiro atoms. The molecule has 2 heteroatoms. The Hall–Kier alpha value is -8.72. The third-order valence-corrected chi connectivity index (χ3v) is 15.0. The highest BCUT2D eigenvalue weighted by Gasteiger charge is 2.51. The predicted octanol–water partition coefficient (Wildman–Crippen LogP) is 17.7. The molecule has 67 heavy (non-hydrogen) atoms. The molecule has 1 aromatic heterocycles. The van der Waals surface area contributed by atoms with Gasteiger partial charge < -0.3 is 9.32 Å². The summed E-state index contributed by atoms with van der Waals surface area (Å²) in [5.41, 5.74) is 17.4. The van der Waals surface area contributed by atoms with E-state index in [1.165, 1.54) is 87.6 Å². The van der Waals surface area contributed by atoms with Crippen molar-refractivity contribution in [1.82, 2.24) is 0 Å². The molecule has 12 aromatic carbocycles. The summed E-state index contributed by atoms with van der Waals surface area (Å²) in [6.07, 6.45) is 0. The quantitative estimate of drug-likeness (QED) is 0.164. The van der Waals surface area contributed by atoms with Crippen LogP contribution in [0.15, 0.2) is 241 Å². The van der Waals surface area contributed by atoms with E-state index in [0.717, 1.165) is 50.1 Å². The first-order valence-electron chi connectivity index (χ1n) is 23.2. The largest absolute Gasteiger partial charge is 0.455 e. The summed E-state index contributed by atoms with van der Waals surface area (Å²) in [6.45, 7) is 0. The molecule has 0 aliphatic heterocycles. The topological polar surface area (TPSA) is 16.4 Å². The molecule has 0 amide bonds.